The molecule has 0 bridgehead atoms. The Morgan fingerprint density at radius 1 is 1.24 bits per heavy atom. The second kappa shape index (κ2) is 8.00. The molecule has 5 nitrogen and oxygen atoms in total. The van der Waals surface area contributed by atoms with Gasteiger partial charge < -0.3 is 10.4 Å². The van der Waals surface area contributed by atoms with Crippen LogP contribution < -0.4 is 5.32 Å². The van der Waals surface area contributed by atoms with Gasteiger partial charge in [0, 0.05) is 11.1 Å². The molecule has 0 radical (unpaired) electrons. The van der Waals surface area contributed by atoms with E-state index in [1.165, 1.54) is 0 Å². The number of nitrogens with one attached hydrogen (secondary N) is 1. The molecule has 1 unspecified atom stereocenters. The molecule has 1 amide bonds. The molecule has 0 aromatic heterocycles. The number of hydrogen-bond acceptors (Lipinski definition) is 3. The molecule has 1 aromatic carbocycles. The molecule has 0 aliphatic rings. The van der Waals surface area contributed by atoms with E-state index in [4.69, 9.17) is 16.7 Å². The first kappa shape index (κ1) is 17.5. The number of nitrogens with zero attached hydrogens (tertiary/aromatic N) is 1. The van der Waals surface area contributed by atoms with E-state index in [9.17, 15) is 9.59 Å². The van der Waals surface area contributed by atoms with Crippen LogP contribution in [0.5, 0.6) is 0 Å². The summed E-state index contributed by atoms with van der Waals surface area (Å²) in [5, 5.41) is 12.3. The van der Waals surface area contributed by atoms with Crippen LogP contribution in [0, 0.1) is 0 Å². The van der Waals surface area contributed by atoms with Crippen LogP contribution in [0.2, 0.25) is 5.02 Å². The van der Waals surface area contributed by atoms with Gasteiger partial charge in [-0.2, -0.15) is 0 Å². The average Bonchev–Trinajstić information content (AvgIpc) is 2.37. The van der Waals surface area contributed by atoms with Crippen LogP contribution in [0.1, 0.15) is 32.4 Å². The largest absolute Gasteiger partial charge is 0.480 e. The Bertz CT molecular complexity index is 505. The minimum absolute atomic E-state index is 0.0255. The summed E-state index contributed by atoms with van der Waals surface area (Å²) in [5.74, 6) is -1.17. The normalized spacial score (nSPS) is 12.5. The predicted molar refractivity (Wildman–Crippen MR) is 82.4 cm³/mol. The molecule has 116 valence electrons. The topological polar surface area (TPSA) is 69.6 Å². The van der Waals surface area contributed by atoms with Crippen molar-refractivity contribution >= 4 is 23.5 Å². The molecule has 2 N–H and O–H groups in total. The van der Waals surface area contributed by atoms with Crippen LogP contribution in [-0.4, -0.2) is 41.0 Å². The number of rotatable bonds is 7. The van der Waals surface area contributed by atoms with Gasteiger partial charge in [-0.1, -0.05) is 29.8 Å². The minimum Gasteiger partial charge on any atom is -0.480 e. The SMILES string of the molecule is CC(NC(=O)CN(CC(=O)O)C(C)C)c1ccccc1Cl. The van der Waals surface area contributed by atoms with Crippen molar-refractivity contribution in [2.45, 2.75) is 32.9 Å². The van der Waals surface area contributed by atoms with Crippen molar-refractivity contribution in [1.82, 2.24) is 10.2 Å². The van der Waals surface area contributed by atoms with E-state index in [2.05, 4.69) is 5.32 Å². The number of aliphatic carboxylic acids is 1. The number of amides is 1. The zero-order valence-corrected chi connectivity index (χ0v) is 13.2. The van der Waals surface area contributed by atoms with Crippen LogP contribution in [0.25, 0.3) is 0 Å². The monoisotopic (exact) mass is 312 g/mol. The van der Waals surface area contributed by atoms with Crippen molar-refractivity contribution in [2.75, 3.05) is 13.1 Å². The Kier molecular flexibility index (Phi) is 6.65. The van der Waals surface area contributed by atoms with Crippen LogP contribution in [-0.2, 0) is 9.59 Å². The zero-order chi connectivity index (χ0) is 16.0. The average molecular weight is 313 g/mol. The fourth-order valence-corrected chi connectivity index (χ4v) is 2.27. The van der Waals surface area contributed by atoms with Gasteiger partial charge in [-0.3, -0.25) is 14.5 Å². The Labute approximate surface area is 129 Å². The molecule has 0 saturated carbocycles. The van der Waals surface area contributed by atoms with Gasteiger partial charge in [0.25, 0.3) is 0 Å². The first-order chi connectivity index (χ1) is 9.81. The Balaban J connectivity index is 2.64. The quantitative estimate of drug-likeness (QED) is 0.810. The van der Waals surface area contributed by atoms with Crippen molar-refractivity contribution in [3.63, 3.8) is 0 Å². The van der Waals surface area contributed by atoms with Gasteiger partial charge >= 0.3 is 5.97 Å². The fourth-order valence-electron chi connectivity index (χ4n) is 1.97. The molecule has 0 aliphatic carbocycles. The summed E-state index contributed by atoms with van der Waals surface area (Å²) in [6, 6.07) is 7.05. The van der Waals surface area contributed by atoms with Crippen molar-refractivity contribution in [2.24, 2.45) is 0 Å². The van der Waals surface area contributed by atoms with Gasteiger partial charge in [-0.25, -0.2) is 0 Å². The van der Waals surface area contributed by atoms with Gasteiger partial charge in [-0.05, 0) is 32.4 Å². The summed E-state index contributed by atoms with van der Waals surface area (Å²) in [7, 11) is 0. The molecule has 1 aromatic rings. The number of benzene rings is 1. The van der Waals surface area contributed by atoms with E-state index in [0.29, 0.717) is 5.02 Å². The minimum atomic E-state index is -0.948. The summed E-state index contributed by atoms with van der Waals surface area (Å²) < 4.78 is 0. The van der Waals surface area contributed by atoms with Gasteiger partial charge in [0.1, 0.15) is 0 Å². The number of carboxylic acids is 1. The summed E-state index contributed by atoms with van der Waals surface area (Å²) in [6.07, 6.45) is 0. The van der Waals surface area contributed by atoms with E-state index in [-0.39, 0.29) is 31.1 Å². The van der Waals surface area contributed by atoms with E-state index >= 15 is 0 Å². The maximum atomic E-state index is 12.0. The van der Waals surface area contributed by atoms with Crippen molar-refractivity contribution in [3.8, 4) is 0 Å². The van der Waals surface area contributed by atoms with Crippen molar-refractivity contribution < 1.29 is 14.7 Å². The summed E-state index contributed by atoms with van der Waals surface area (Å²) in [5.41, 5.74) is 0.835. The number of carboxylic acid groups (broad SMARTS) is 1. The van der Waals surface area contributed by atoms with Gasteiger partial charge in [0.2, 0.25) is 5.91 Å². The standard InChI is InChI=1S/C15H21ClN2O3/c1-10(2)18(9-15(20)21)8-14(19)17-11(3)12-6-4-5-7-13(12)16/h4-7,10-11H,8-9H2,1-3H3,(H,17,19)(H,20,21). The first-order valence-electron chi connectivity index (χ1n) is 6.81. The van der Waals surface area contributed by atoms with Crippen LogP contribution >= 0.6 is 11.6 Å². The molecule has 0 fully saturated rings. The summed E-state index contributed by atoms with van der Waals surface area (Å²) >= 11 is 6.09. The predicted octanol–water partition coefficient (Wildman–Crippen LogP) is 2.31. The fraction of sp³-hybridized carbons (Fsp3) is 0.467. The first-order valence-corrected chi connectivity index (χ1v) is 7.18. The highest BCUT2D eigenvalue weighted by Gasteiger charge is 2.19. The Morgan fingerprint density at radius 3 is 2.38 bits per heavy atom. The highest BCUT2D eigenvalue weighted by molar-refractivity contribution is 6.31. The van der Waals surface area contributed by atoms with Crippen LogP contribution in [0.4, 0.5) is 0 Å². The number of hydrogen-bond donors (Lipinski definition) is 2. The van der Waals surface area contributed by atoms with E-state index in [1.807, 2.05) is 39.0 Å². The highest BCUT2D eigenvalue weighted by Crippen LogP contribution is 2.21. The Morgan fingerprint density at radius 2 is 1.86 bits per heavy atom. The number of halogens is 1. The van der Waals surface area contributed by atoms with E-state index in [1.54, 1.807) is 11.0 Å². The van der Waals surface area contributed by atoms with E-state index in [0.717, 1.165) is 5.56 Å². The molecular weight excluding hydrogens is 292 g/mol. The summed E-state index contributed by atoms with van der Waals surface area (Å²) in [6.45, 7) is 5.43. The molecule has 0 aliphatic heterocycles. The van der Waals surface area contributed by atoms with Crippen molar-refractivity contribution in [1.29, 1.82) is 0 Å². The van der Waals surface area contributed by atoms with Gasteiger partial charge in [0.05, 0.1) is 19.1 Å². The molecule has 0 heterocycles. The van der Waals surface area contributed by atoms with Crippen LogP contribution in [0.3, 0.4) is 0 Å². The third-order valence-electron chi connectivity index (χ3n) is 3.16. The third kappa shape index (κ3) is 5.73. The Hall–Kier alpha value is -1.59. The summed E-state index contributed by atoms with van der Waals surface area (Å²) in [4.78, 5) is 24.4. The molecule has 6 heteroatoms. The molecule has 1 rings (SSSR count). The van der Waals surface area contributed by atoms with E-state index < -0.39 is 5.97 Å². The molecule has 0 saturated heterocycles. The lowest BCUT2D eigenvalue weighted by molar-refractivity contribution is -0.139. The molecule has 1 atom stereocenters. The van der Waals surface area contributed by atoms with Crippen molar-refractivity contribution in [3.05, 3.63) is 34.9 Å². The molecule has 21 heavy (non-hydrogen) atoms. The maximum absolute atomic E-state index is 12.0. The highest BCUT2D eigenvalue weighted by atomic mass is 35.5. The second-order valence-corrected chi connectivity index (χ2v) is 5.61. The third-order valence-corrected chi connectivity index (χ3v) is 3.51. The number of carbonyl (C=O) groups excluding carboxylic acids is 1. The maximum Gasteiger partial charge on any atom is 0.317 e. The lowest BCUT2D eigenvalue weighted by Crippen LogP contribution is -2.43. The lowest BCUT2D eigenvalue weighted by Gasteiger charge is -2.25. The smallest absolute Gasteiger partial charge is 0.317 e. The zero-order valence-electron chi connectivity index (χ0n) is 12.5. The van der Waals surface area contributed by atoms with Gasteiger partial charge in [0.15, 0.2) is 0 Å². The molecular formula is C15H21ClN2O3. The van der Waals surface area contributed by atoms with Gasteiger partial charge in [-0.15, -0.1) is 0 Å². The molecule has 0 spiro atoms. The van der Waals surface area contributed by atoms with Crippen LogP contribution in [0.15, 0.2) is 24.3 Å². The number of carbonyl (C=O) groups is 2. The lowest BCUT2D eigenvalue weighted by atomic mass is 10.1. The second-order valence-electron chi connectivity index (χ2n) is 5.20.